The lowest BCUT2D eigenvalue weighted by atomic mass is 9.87. The SMILES string of the molecule is Cc1ccccc1OCC(=O)N1C2CC1CN(Cc1ccc(C(F)(F)F)nc1)C2. The lowest BCUT2D eigenvalue weighted by molar-refractivity contribution is -0.156. The van der Waals surface area contributed by atoms with E-state index in [0.717, 1.165) is 23.6 Å². The first kappa shape index (κ1) is 19.7. The zero-order valence-electron chi connectivity index (χ0n) is 16.0. The van der Waals surface area contributed by atoms with Gasteiger partial charge in [0.25, 0.3) is 5.91 Å². The average Bonchev–Trinajstić information content (AvgIpc) is 2.67. The lowest BCUT2D eigenvalue weighted by Gasteiger charge is -2.56. The predicted molar refractivity (Wildman–Crippen MR) is 100 cm³/mol. The smallest absolute Gasteiger partial charge is 0.433 e. The number of hydrogen-bond acceptors (Lipinski definition) is 4. The molecule has 0 radical (unpaired) electrons. The van der Waals surface area contributed by atoms with Crippen molar-refractivity contribution in [3.8, 4) is 5.75 Å². The number of hydrogen-bond donors (Lipinski definition) is 0. The highest BCUT2D eigenvalue weighted by Crippen LogP contribution is 2.33. The number of para-hydroxylation sites is 1. The number of rotatable bonds is 5. The van der Waals surface area contributed by atoms with Crippen LogP contribution in [0.5, 0.6) is 5.75 Å². The standard InChI is InChI=1S/C21H22F3N3O2/c1-14-4-2-3-5-18(14)29-13-20(28)27-16-8-17(27)12-26(11-16)10-15-6-7-19(25-9-15)21(22,23)24/h2-7,9,16-17H,8,10-13H2,1H3. The van der Waals surface area contributed by atoms with Crippen LogP contribution < -0.4 is 4.74 Å². The molecule has 5 nitrogen and oxygen atoms in total. The number of amides is 1. The van der Waals surface area contributed by atoms with Crippen molar-refractivity contribution in [3.05, 3.63) is 59.4 Å². The normalized spacial score (nSPS) is 21.6. The van der Waals surface area contributed by atoms with Crippen LogP contribution in [0, 0.1) is 6.92 Å². The third-order valence-electron chi connectivity index (χ3n) is 5.52. The number of carbonyl (C=O) groups excluding carboxylic acids is 1. The van der Waals surface area contributed by atoms with E-state index in [4.69, 9.17) is 4.74 Å². The number of halogens is 3. The van der Waals surface area contributed by atoms with Crippen molar-refractivity contribution < 1.29 is 22.7 Å². The van der Waals surface area contributed by atoms with Crippen LogP contribution in [-0.4, -0.2) is 52.5 Å². The van der Waals surface area contributed by atoms with Crippen molar-refractivity contribution >= 4 is 5.91 Å². The first-order valence-electron chi connectivity index (χ1n) is 9.55. The number of alkyl halides is 3. The molecule has 1 aromatic carbocycles. The summed E-state index contributed by atoms with van der Waals surface area (Å²) in [6, 6.07) is 10.3. The van der Waals surface area contributed by atoms with Gasteiger partial charge in [-0.1, -0.05) is 24.3 Å². The number of ether oxygens (including phenoxy) is 1. The number of piperidine rings is 1. The van der Waals surface area contributed by atoms with Gasteiger partial charge in [-0.05, 0) is 36.6 Å². The average molecular weight is 405 g/mol. The fourth-order valence-electron chi connectivity index (χ4n) is 4.11. The van der Waals surface area contributed by atoms with Crippen LogP contribution in [0.1, 0.15) is 23.2 Å². The van der Waals surface area contributed by atoms with Gasteiger partial charge in [0.05, 0.1) is 0 Å². The van der Waals surface area contributed by atoms with Crippen molar-refractivity contribution in [3.63, 3.8) is 0 Å². The minimum Gasteiger partial charge on any atom is -0.484 e. The molecule has 3 aliphatic heterocycles. The molecule has 2 atom stereocenters. The molecule has 0 saturated carbocycles. The maximum absolute atomic E-state index is 12.6. The Bertz CT molecular complexity index is 873. The molecule has 2 unspecified atom stereocenters. The third-order valence-corrected chi connectivity index (χ3v) is 5.52. The van der Waals surface area contributed by atoms with Gasteiger partial charge in [0, 0.05) is 37.9 Å². The van der Waals surface area contributed by atoms with Crippen molar-refractivity contribution in [1.82, 2.24) is 14.8 Å². The van der Waals surface area contributed by atoms with E-state index in [1.807, 2.05) is 36.1 Å². The van der Waals surface area contributed by atoms with Crippen molar-refractivity contribution in [2.24, 2.45) is 0 Å². The van der Waals surface area contributed by atoms with Gasteiger partial charge in [-0.3, -0.25) is 14.7 Å². The number of benzene rings is 1. The van der Waals surface area contributed by atoms with Gasteiger partial charge in [0.15, 0.2) is 6.61 Å². The molecule has 8 heteroatoms. The monoisotopic (exact) mass is 405 g/mol. The molecule has 3 aliphatic rings. The number of pyridine rings is 1. The summed E-state index contributed by atoms with van der Waals surface area (Å²) in [6.07, 6.45) is -2.19. The first-order chi connectivity index (χ1) is 13.8. The van der Waals surface area contributed by atoms with E-state index in [0.29, 0.717) is 25.4 Å². The van der Waals surface area contributed by atoms with Crippen LogP contribution >= 0.6 is 0 Å². The van der Waals surface area contributed by atoms with Gasteiger partial charge in [-0.15, -0.1) is 0 Å². The summed E-state index contributed by atoms with van der Waals surface area (Å²) in [6.45, 7) is 3.88. The minimum absolute atomic E-state index is 0.0146. The summed E-state index contributed by atoms with van der Waals surface area (Å²) < 4.78 is 43.6. The van der Waals surface area contributed by atoms with Crippen LogP contribution in [0.25, 0.3) is 0 Å². The Balaban J connectivity index is 1.29. The van der Waals surface area contributed by atoms with E-state index < -0.39 is 11.9 Å². The molecule has 29 heavy (non-hydrogen) atoms. The Morgan fingerprint density at radius 3 is 2.52 bits per heavy atom. The van der Waals surface area contributed by atoms with E-state index in [2.05, 4.69) is 9.88 Å². The van der Waals surface area contributed by atoms with E-state index >= 15 is 0 Å². The summed E-state index contributed by atoms with van der Waals surface area (Å²) in [7, 11) is 0. The molecule has 4 heterocycles. The number of aromatic nitrogens is 1. The van der Waals surface area contributed by atoms with E-state index in [9.17, 15) is 18.0 Å². The second-order valence-corrected chi connectivity index (χ2v) is 7.64. The number of aryl methyl sites for hydroxylation is 1. The Labute approximate surface area is 167 Å². The molecule has 3 saturated heterocycles. The van der Waals surface area contributed by atoms with E-state index in [-0.39, 0.29) is 24.6 Å². The van der Waals surface area contributed by atoms with Gasteiger partial charge in [-0.2, -0.15) is 13.2 Å². The van der Waals surface area contributed by atoms with E-state index in [1.54, 1.807) is 0 Å². The van der Waals surface area contributed by atoms with Gasteiger partial charge in [0.2, 0.25) is 0 Å². The lowest BCUT2D eigenvalue weighted by Crippen LogP contribution is -2.70. The molecule has 3 fully saturated rings. The largest absolute Gasteiger partial charge is 0.484 e. The molecule has 154 valence electrons. The van der Waals surface area contributed by atoms with Crippen molar-refractivity contribution in [2.45, 2.75) is 38.1 Å². The highest BCUT2D eigenvalue weighted by atomic mass is 19.4. The zero-order chi connectivity index (χ0) is 20.6. The van der Waals surface area contributed by atoms with Crippen LogP contribution in [0.4, 0.5) is 13.2 Å². The third kappa shape index (κ3) is 4.22. The number of carbonyl (C=O) groups is 1. The van der Waals surface area contributed by atoms with Crippen molar-refractivity contribution in [2.75, 3.05) is 19.7 Å². The second-order valence-electron chi connectivity index (χ2n) is 7.64. The molecule has 0 spiro atoms. The molecule has 2 bridgehead atoms. The topological polar surface area (TPSA) is 45.7 Å². The van der Waals surface area contributed by atoms with Crippen molar-refractivity contribution in [1.29, 1.82) is 0 Å². The molecular formula is C21H22F3N3O2. The van der Waals surface area contributed by atoms with Gasteiger partial charge >= 0.3 is 6.18 Å². The van der Waals surface area contributed by atoms with Crippen LogP contribution in [0.15, 0.2) is 42.6 Å². The molecule has 0 aliphatic carbocycles. The van der Waals surface area contributed by atoms with Gasteiger partial charge < -0.3 is 9.64 Å². The predicted octanol–water partition coefficient (Wildman–Crippen LogP) is 3.27. The fraction of sp³-hybridized carbons (Fsp3) is 0.429. The summed E-state index contributed by atoms with van der Waals surface area (Å²) in [4.78, 5) is 20.2. The molecular weight excluding hydrogens is 383 g/mol. The highest BCUT2D eigenvalue weighted by molar-refractivity contribution is 5.79. The zero-order valence-corrected chi connectivity index (χ0v) is 16.0. The number of piperazine rings is 1. The van der Waals surface area contributed by atoms with Crippen LogP contribution in [0.3, 0.4) is 0 Å². The summed E-state index contributed by atoms with van der Waals surface area (Å²) in [5, 5.41) is 0. The summed E-state index contributed by atoms with van der Waals surface area (Å²) in [5.74, 6) is 0.688. The molecule has 1 aromatic heterocycles. The first-order valence-corrected chi connectivity index (χ1v) is 9.55. The maximum Gasteiger partial charge on any atom is 0.433 e. The second kappa shape index (κ2) is 7.67. The Kier molecular flexibility index (Phi) is 5.21. The molecule has 2 aromatic rings. The fourth-order valence-corrected chi connectivity index (χ4v) is 4.11. The Morgan fingerprint density at radius 1 is 1.17 bits per heavy atom. The Hall–Kier alpha value is -2.61. The number of fused-ring (bicyclic) bond motifs is 2. The van der Waals surface area contributed by atoms with E-state index in [1.165, 1.54) is 12.3 Å². The molecule has 0 N–H and O–H groups in total. The maximum atomic E-state index is 12.6. The van der Waals surface area contributed by atoms with Gasteiger partial charge in [0.1, 0.15) is 11.4 Å². The van der Waals surface area contributed by atoms with Crippen LogP contribution in [0.2, 0.25) is 0 Å². The summed E-state index contributed by atoms with van der Waals surface area (Å²) >= 11 is 0. The molecule has 5 rings (SSSR count). The van der Waals surface area contributed by atoms with Crippen LogP contribution in [-0.2, 0) is 17.5 Å². The minimum atomic E-state index is -4.42. The van der Waals surface area contributed by atoms with Gasteiger partial charge in [-0.25, -0.2) is 0 Å². The summed E-state index contributed by atoms with van der Waals surface area (Å²) in [5.41, 5.74) is 0.841. The quantitative estimate of drug-likeness (QED) is 0.766. The number of nitrogens with zero attached hydrogens (tertiary/aromatic N) is 3. The Morgan fingerprint density at radius 2 is 1.90 bits per heavy atom. The molecule has 1 amide bonds. The highest BCUT2D eigenvalue weighted by Gasteiger charge is 2.47.